The predicted molar refractivity (Wildman–Crippen MR) is 140 cm³/mol. The number of nitrogens with zero attached hydrogens (tertiary/aromatic N) is 2. The normalized spacial score (nSPS) is 13.6. The molecule has 1 N–H and O–H groups in total. The largest absolute Gasteiger partial charge is 0.347 e. The number of carbonyl (C=O) groups excluding carboxylic acids is 1. The summed E-state index contributed by atoms with van der Waals surface area (Å²) in [5, 5.41) is 5.15. The molecular formula is C28H29N3OS. The van der Waals surface area contributed by atoms with Gasteiger partial charge in [-0.15, -0.1) is 11.3 Å². The molecule has 0 spiro atoms. The fourth-order valence-corrected chi connectivity index (χ4v) is 6.18. The minimum absolute atomic E-state index is 0.0545. The third kappa shape index (κ3) is 4.02. The van der Waals surface area contributed by atoms with Gasteiger partial charge in [-0.1, -0.05) is 24.3 Å². The molecule has 0 saturated heterocycles. The number of carbonyl (C=O) groups is 1. The molecule has 4 aromatic rings. The van der Waals surface area contributed by atoms with E-state index in [1.165, 1.54) is 33.5 Å². The van der Waals surface area contributed by atoms with Crippen molar-refractivity contribution in [2.45, 2.75) is 46.5 Å². The molecule has 4 nitrogen and oxygen atoms in total. The van der Waals surface area contributed by atoms with Gasteiger partial charge in [0.25, 0.3) is 5.91 Å². The first kappa shape index (κ1) is 21.7. The Bertz CT molecular complexity index is 1390. The Labute approximate surface area is 199 Å². The van der Waals surface area contributed by atoms with Gasteiger partial charge in [-0.05, 0) is 81.3 Å². The number of para-hydroxylation sites is 1. The molecule has 5 heteroatoms. The maximum atomic E-state index is 13.5. The monoisotopic (exact) mass is 455 g/mol. The van der Waals surface area contributed by atoms with Crippen molar-refractivity contribution in [3.05, 3.63) is 80.9 Å². The maximum absolute atomic E-state index is 13.5. The van der Waals surface area contributed by atoms with E-state index in [-0.39, 0.29) is 5.91 Å². The van der Waals surface area contributed by atoms with Crippen LogP contribution in [-0.4, -0.2) is 16.7 Å². The number of aromatic nitrogens is 1. The van der Waals surface area contributed by atoms with Crippen LogP contribution in [0.25, 0.3) is 10.9 Å². The Kier molecular flexibility index (Phi) is 5.67. The predicted octanol–water partition coefficient (Wildman–Crippen LogP) is 7.05. The first-order valence-corrected chi connectivity index (χ1v) is 12.4. The van der Waals surface area contributed by atoms with Crippen molar-refractivity contribution in [2.24, 2.45) is 12.0 Å². The molecule has 1 amide bonds. The molecule has 0 aliphatic heterocycles. The standard InChI is InChI=1S/C28H29N3OS/c1-17-13-18(2)15-20(14-17)30-27(32)26-22-10-6-8-12-25(22)33-28(26)29-16-23-19(3)31(4)24-11-7-5-9-21(23)24/h5,7,9,11,13-16H,6,8,10,12H2,1-4H3,(H,30,32). The molecular weight excluding hydrogens is 426 g/mol. The average molecular weight is 456 g/mol. The lowest BCUT2D eigenvalue weighted by molar-refractivity contribution is 0.102. The summed E-state index contributed by atoms with van der Waals surface area (Å²) in [6.07, 6.45) is 6.23. The molecule has 0 radical (unpaired) electrons. The van der Waals surface area contributed by atoms with Crippen LogP contribution in [0.1, 0.15) is 56.0 Å². The molecule has 2 aromatic heterocycles. The fourth-order valence-electron chi connectivity index (χ4n) is 4.95. The topological polar surface area (TPSA) is 46.4 Å². The van der Waals surface area contributed by atoms with E-state index >= 15 is 0 Å². The zero-order valence-electron chi connectivity index (χ0n) is 19.7. The zero-order valence-corrected chi connectivity index (χ0v) is 20.5. The quantitative estimate of drug-likeness (QED) is 0.329. The number of hydrogen-bond donors (Lipinski definition) is 1. The lowest BCUT2D eigenvalue weighted by Gasteiger charge is -2.13. The molecule has 168 valence electrons. The zero-order chi connectivity index (χ0) is 23.1. The Balaban J connectivity index is 1.56. The molecule has 33 heavy (non-hydrogen) atoms. The number of aliphatic imine (C=N–C) groups is 1. The highest BCUT2D eigenvalue weighted by molar-refractivity contribution is 7.16. The van der Waals surface area contributed by atoms with Crippen LogP contribution >= 0.6 is 11.3 Å². The number of anilines is 1. The number of aryl methyl sites for hydroxylation is 4. The summed E-state index contributed by atoms with van der Waals surface area (Å²) < 4.78 is 2.20. The van der Waals surface area contributed by atoms with Crippen LogP contribution < -0.4 is 5.32 Å². The SMILES string of the molecule is Cc1cc(C)cc(NC(=O)c2c(N=Cc3c(C)n(C)c4ccccc34)sc3c2CCCC3)c1. The highest BCUT2D eigenvalue weighted by Gasteiger charge is 2.25. The van der Waals surface area contributed by atoms with Crippen LogP contribution in [0.2, 0.25) is 0 Å². The summed E-state index contributed by atoms with van der Waals surface area (Å²) in [6.45, 7) is 6.23. The van der Waals surface area contributed by atoms with Gasteiger partial charge in [-0.3, -0.25) is 4.79 Å². The minimum Gasteiger partial charge on any atom is -0.347 e. The third-order valence-corrected chi connectivity index (χ3v) is 7.82. The van der Waals surface area contributed by atoms with Gasteiger partial charge >= 0.3 is 0 Å². The van der Waals surface area contributed by atoms with E-state index in [1.54, 1.807) is 11.3 Å². The summed E-state index contributed by atoms with van der Waals surface area (Å²) in [5.74, 6) is -0.0545. The summed E-state index contributed by atoms with van der Waals surface area (Å²) in [4.78, 5) is 19.7. The van der Waals surface area contributed by atoms with Crippen LogP contribution in [0.4, 0.5) is 10.7 Å². The number of amides is 1. The van der Waals surface area contributed by atoms with Crippen LogP contribution in [0.15, 0.2) is 47.5 Å². The summed E-state index contributed by atoms with van der Waals surface area (Å²) in [7, 11) is 2.08. The number of nitrogens with one attached hydrogen (secondary N) is 1. The number of benzene rings is 2. The van der Waals surface area contributed by atoms with Crippen LogP contribution in [0.3, 0.4) is 0 Å². The highest BCUT2D eigenvalue weighted by Crippen LogP contribution is 2.40. The molecule has 2 heterocycles. The fraction of sp³-hybridized carbons (Fsp3) is 0.286. The van der Waals surface area contributed by atoms with E-state index in [2.05, 4.69) is 68.0 Å². The lowest BCUT2D eigenvalue weighted by atomic mass is 9.95. The molecule has 0 bridgehead atoms. The molecule has 0 fully saturated rings. The molecule has 0 atom stereocenters. The summed E-state index contributed by atoms with van der Waals surface area (Å²) >= 11 is 1.68. The Morgan fingerprint density at radius 2 is 1.79 bits per heavy atom. The smallest absolute Gasteiger partial charge is 0.259 e. The van der Waals surface area contributed by atoms with Crippen molar-refractivity contribution >= 4 is 45.0 Å². The second-order valence-electron chi connectivity index (χ2n) is 9.06. The van der Waals surface area contributed by atoms with E-state index in [9.17, 15) is 4.79 Å². The van der Waals surface area contributed by atoms with Crippen molar-refractivity contribution in [3.63, 3.8) is 0 Å². The van der Waals surface area contributed by atoms with Crippen molar-refractivity contribution in [1.29, 1.82) is 0 Å². The summed E-state index contributed by atoms with van der Waals surface area (Å²) in [6, 6.07) is 14.5. The maximum Gasteiger partial charge on any atom is 0.259 e. The van der Waals surface area contributed by atoms with Gasteiger partial charge in [-0.2, -0.15) is 0 Å². The van der Waals surface area contributed by atoms with Crippen molar-refractivity contribution < 1.29 is 4.79 Å². The molecule has 5 rings (SSSR count). The van der Waals surface area contributed by atoms with E-state index in [1.807, 2.05) is 18.3 Å². The van der Waals surface area contributed by atoms with E-state index in [0.717, 1.165) is 52.2 Å². The first-order valence-electron chi connectivity index (χ1n) is 11.5. The van der Waals surface area contributed by atoms with E-state index in [0.29, 0.717) is 0 Å². The van der Waals surface area contributed by atoms with Gasteiger partial charge < -0.3 is 9.88 Å². The number of rotatable bonds is 4. The number of hydrogen-bond acceptors (Lipinski definition) is 3. The van der Waals surface area contributed by atoms with Gasteiger partial charge in [0, 0.05) is 46.0 Å². The van der Waals surface area contributed by atoms with Crippen LogP contribution in [0, 0.1) is 20.8 Å². The molecule has 0 unspecified atom stereocenters. The van der Waals surface area contributed by atoms with Gasteiger partial charge in [0.15, 0.2) is 0 Å². The van der Waals surface area contributed by atoms with E-state index in [4.69, 9.17) is 4.99 Å². The van der Waals surface area contributed by atoms with Gasteiger partial charge in [0.2, 0.25) is 0 Å². The van der Waals surface area contributed by atoms with Crippen molar-refractivity contribution in [2.75, 3.05) is 5.32 Å². The van der Waals surface area contributed by atoms with Gasteiger partial charge in [-0.25, -0.2) is 4.99 Å². The van der Waals surface area contributed by atoms with Gasteiger partial charge in [0.05, 0.1) is 5.56 Å². The Morgan fingerprint density at radius 1 is 1.06 bits per heavy atom. The lowest BCUT2D eigenvalue weighted by Crippen LogP contribution is -2.15. The molecule has 1 aliphatic rings. The average Bonchev–Trinajstić information content (AvgIpc) is 3.27. The number of fused-ring (bicyclic) bond motifs is 2. The molecule has 1 aliphatic carbocycles. The second kappa shape index (κ2) is 8.64. The van der Waals surface area contributed by atoms with Crippen molar-refractivity contribution in [1.82, 2.24) is 4.57 Å². The highest BCUT2D eigenvalue weighted by atomic mass is 32.1. The van der Waals surface area contributed by atoms with Crippen LogP contribution in [0.5, 0.6) is 0 Å². The van der Waals surface area contributed by atoms with E-state index < -0.39 is 0 Å². The summed E-state index contributed by atoms with van der Waals surface area (Å²) in [5.41, 5.74) is 8.54. The Hall–Kier alpha value is -3.18. The molecule has 2 aromatic carbocycles. The Morgan fingerprint density at radius 3 is 2.58 bits per heavy atom. The molecule has 0 saturated carbocycles. The van der Waals surface area contributed by atoms with Gasteiger partial charge in [0.1, 0.15) is 5.00 Å². The van der Waals surface area contributed by atoms with Crippen LogP contribution in [-0.2, 0) is 19.9 Å². The first-order chi connectivity index (χ1) is 15.9. The third-order valence-electron chi connectivity index (χ3n) is 6.62. The second-order valence-corrected chi connectivity index (χ2v) is 10.1. The van der Waals surface area contributed by atoms with Crippen molar-refractivity contribution in [3.8, 4) is 0 Å². The number of thiophene rings is 1. The minimum atomic E-state index is -0.0545.